The first-order valence-electron chi connectivity index (χ1n) is 7.85. The Bertz CT molecular complexity index is 774. The molecule has 0 aliphatic carbocycles. The zero-order valence-electron chi connectivity index (χ0n) is 14.3. The van der Waals surface area contributed by atoms with Crippen LogP contribution in [0.15, 0.2) is 42.6 Å². The van der Waals surface area contributed by atoms with E-state index < -0.39 is 23.9 Å². The van der Waals surface area contributed by atoms with Crippen molar-refractivity contribution in [2.24, 2.45) is 0 Å². The van der Waals surface area contributed by atoms with Crippen LogP contribution < -0.4 is 15.4 Å². The lowest BCUT2D eigenvalue weighted by Gasteiger charge is -2.11. The van der Waals surface area contributed by atoms with Gasteiger partial charge in [0.2, 0.25) is 11.8 Å². The molecule has 2 unspecified atom stereocenters. The van der Waals surface area contributed by atoms with Crippen LogP contribution in [-0.4, -0.2) is 34.7 Å². The predicted molar refractivity (Wildman–Crippen MR) is 101 cm³/mol. The number of anilines is 1. The number of pyridine rings is 1. The highest BCUT2D eigenvalue weighted by Gasteiger charge is 2.30. The third kappa shape index (κ3) is 6.23. The molecule has 1 aromatic carbocycles. The van der Waals surface area contributed by atoms with E-state index in [2.05, 4.69) is 15.6 Å². The van der Waals surface area contributed by atoms with Gasteiger partial charge in [0.15, 0.2) is 0 Å². The summed E-state index contributed by atoms with van der Waals surface area (Å²) in [4.78, 5) is 16.0. The average Bonchev–Trinajstić information content (AvgIpc) is 3.03. The Labute approximate surface area is 171 Å². The standard InChI is InChI=1S/C17H16F3N3O3.2ClH/c18-17(19,20)10-1-4-13(5-2-10)26-15-6-3-11(8-22-15)23-16(25)14-7-12(24)9-21-14;;/h1-6,8,12,14,21,24H,7,9H2,(H,23,25);2*1H. The van der Waals surface area contributed by atoms with Crippen molar-refractivity contribution >= 4 is 36.4 Å². The lowest BCUT2D eigenvalue weighted by Crippen LogP contribution is -2.35. The number of halogens is 5. The first-order valence-corrected chi connectivity index (χ1v) is 7.85. The van der Waals surface area contributed by atoms with E-state index >= 15 is 0 Å². The molecule has 11 heteroatoms. The topological polar surface area (TPSA) is 83.5 Å². The van der Waals surface area contributed by atoms with Gasteiger partial charge < -0.3 is 20.5 Å². The molecule has 1 aromatic heterocycles. The molecule has 6 nitrogen and oxygen atoms in total. The Morgan fingerprint density at radius 3 is 2.36 bits per heavy atom. The Kier molecular flexibility index (Phi) is 8.49. The summed E-state index contributed by atoms with van der Waals surface area (Å²) in [5, 5.41) is 15.0. The van der Waals surface area contributed by atoms with Crippen molar-refractivity contribution in [1.29, 1.82) is 0 Å². The number of nitrogens with one attached hydrogen (secondary N) is 2. The van der Waals surface area contributed by atoms with E-state index in [9.17, 15) is 23.1 Å². The van der Waals surface area contributed by atoms with Crippen molar-refractivity contribution in [2.75, 3.05) is 11.9 Å². The summed E-state index contributed by atoms with van der Waals surface area (Å²) in [5.41, 5.74) is -0.320. The fourth-order valence-corrected chi connectivity index (χ4v) is 2.49. The number of aromatic nitrogens is 1. The maximum absolute atomic E-state index is 12.5. The minimum Gasteiger partial charge on any atom is -0.439 e. The van der Waals surface area contributed by atoms with E-state index in [1.165, 1.54) is 24.4 Å². The van der Waals surface area contributed by atoms with Crippen LogP contribution in [0.2, 0.25) is 0 Å². The molecule has 0 bridgehead atoms. The maximum atomic E-state index is 12.5. The molecule has 154 valence electrons. The number of nitrogens with zero attached hydrogens (tertiary/aromatic N) is 1. The summed E-state index contributed by atoms with van der Waals surface area (Å²) in [6.07, 6.45) is -3.22. The van der Waals surface area contributed by atoms with Crippen LogP contribution in [0, 0.1) is 0 Å². The second kappa shape index (κ2) is 9.92. The van der Waals surface area contributed by atoms with Crippen LogP contribution in [0.5, 0.6) is 11.6 Å². The number of amides is 1. The van der Waals surface area contributed by atoms with Crippen molar-refractivity contribution in [2.45, 2.75) is 24.7 Å². The number of aliphatic hydroxyl groups is 1. The number of carbonyl (C=O) groups excluding carboxylic acids is 1. The monoisotopic (exact) mass is 439 g/mol. The zero-order chi connectivity index (χ0) is 18.7. The van der Waals surface area contributed by atoms with E-state index in [4.69, 9.17) is 4.74 Å². The van der Waals surface area contributed by atoms with Crippen molar-refractivity contribution in [3.63, 3.8) is 0 Å². The van der Waals surface area contributed by atoms with Crippen LogP contribution in [0.25, 0.3) is 0 Å². The van der Waals surface area contributed by atoms with E-state index in [1.807, 2.05) is 0 Å². The van der Waals surface area contributed by atoms with Gasteiger partial charge in [-0.25, -0.2) is 4.98 Å². The fraction of sp³-hybridized carbons (Fsp3) is 0.294. The third-order valence-electron chi connectivity index (χ3n) is 3.83. The maximum Gasteiger partial charge on any atom is 0.416 e. The van der Waals surface area contributed by atoms with Crippen LogP contribution in [0.4, 0.5) is 18.9 Å². The summed E-state index contributed by atoms with van der Waals surface area (Å²) in [5.74, 6) is 0.114. The molecule has 2 aromatic rings. The lowest BCUT2D eigenvalue weighted by atomic mass is 10.2. The summed E-state index contributed by atoms with van der Waals surface area (Å²) >= 11 is 0. The van der Waals surface area contributed by atoms with Gasteiger partial charge in [0, 0.05) is 12.6 Å². The van der Waals surface area contributed by atoms with Gasteiger partial charge in [-0.1, -0.05) is 0 Å². The number of rotatable bonds is 4. The molecule has 1 aliphatic rings. The fourth-order valence-electron chi connectivity index (χ4n) is 2.49. The quantitative estimate of drug-likeness (QED) is 0.679. The highest BCUT2D eigenvalue weighted by Crippen LogP contribution is 2.31. The van der Waals surface area contributed by atoms with Gasteiger partial charge in [-0.3, -0.25) is 4.79 Å². The van der Waals surface area contributed by atoms with Crippen LogP contribution in [0.3, 0.4) is 0 Å². The number of carbonyl (C=O) groups is 1. The third-order valence-corrected chi connectivity index (χ3v) is 3.83. The van der Waals surface area contributed by atoms with Gasteiger partial charge in [-0.05, 0) is 36.8 Å². The lowest BCUT2D eigenvalue weighted by molar-refractivity contribution is -0.137. The van der Waals surface area contributed by atoms with Gasteiger partial charge in [0.05, 0.1) is 29.6 Å². The Balaban J connectivity index is 0.00000196. The largest absolute Gasteiger partial charge is 0.439 e. The molecule has 0 radical (unpaired) electrons. The number of hydrogen-bond donors (Lipinski definition) is 3. The first-order chi connectivity index (χ1) is 12.3. The molecule has 1 amide bonds. The Morgan fingerprint density at radius 1 is 1.18 bits per heavy atom. The molecule has 3 N–H and O–H groups in total. The van der Waals surface area contributed by atoms with E-state index in [0.717, 1.165) is 12.1 Å². The molecule has 0 spiro atoms. The van der Waals surface area contributed by atoms with E-state index in [1.54, 1.807) is 6.07 Å². The molecule has 1 aliphatic heterocycles. The Hall–Kier alpha value is -2.07. The van der Waals surface area contributed by atoms with Gasteiger partial charge in [0.25, 0.3) is 0 Å². The summed E-state index contributed by atoms with van der Waals surface area (Å²) in [7, 11) is 0. The number of ether oxygens (including phenoxy) is 1. The number of hydrogen-bond acceptors (Lipinski definition) is 5. The first kappa shape index (κ1) is 24.0. The molecule has 0 saturated carbocycles. The number of alkyl halides is 3. The minimum absolute atomic E-state index is 0. The molecule has 1 saturated heterocycles. The number of benzene rings is 1. The summed E-state index contributed by atoms with van der Waals surface area (Å²) in [6, 6.07) is 6.85. The number of β-amino-alcohol motifs (C(OH)–C–C–N with tert-alkyl or cyclic N) is 1. The normalized spacial score (nSPS) is 18.6. The van der Waals surface area contributed by atoms with Crippen molar-refractivity contribution < 1.29 is 27.8 Å². The summed E-state index contributed by atoms with van der Waals surface area (Å²) in [6.45, 7) is 0.371. The van der Waals surface area contributed by atoms with Crippen LogP contribution in [-0.2, 0) is 11.0 Å². The highest BCUT2D eigenvalue weighted by atomic mass is 35.5. The molecule has 28 heavy (non-hydrogen) atoms. The number of aliphatic hydroxyl groups excluding tert-OH is 1. The molecule has 1 fully saturated rings. The highest BCUT2D eigenvalue weighted by molar-refractivity contribution is 5.95. The van der Waals surface area contributed by atoms with Gasteiger partial charge in [-0.15, -0.1) is 24.8 Å². The average molecular weight is 440 g/mol. The van der Waals surface area contributed by atoms with Crippen molar-refractivity contribution in [1.82, 2.24) is 10.3 Å². The van der Waals surface area contributed by atoms with Gasteiger partial charge in [0.1, 0.15) is 5.75 Å². The molecular weight excluding hydrogens is 422 g/mol. The molecule has 2 atom stereocenters. The smallest absolute Gasteiger partial charge is 0.416 e. The second-order valence-corrected chi connectivity index (χ2v) is 5.85. The van der Waals surface area contributed by atoms with Gasteiger partial charge >= 0.3 is 6.18 Å². The predicted octanol–water partition coefficient (Wildman–Crippen LogP) is 3.40. The van der Waals surface area contributed by atoms with Crippen LogP contribution >= 0.6 is 24.8 Å². The molecular formula is C17H18Cl2F3N3O3. The Morgan fingerprint density at radius 2 is 1.86 bits per heavy atom. The van der Waals surface area contributed by atoms with Crippen molar-refractivity contribution in [3.8, 4) is 11.6 Å². The van der Waals surface area contributed by atoms with Crippen molar-refractivity contribution in [3.05, 3.63) is 48.2 Å². The van der Waals surface area contributed by atoms with Gasteiger partial charge in [-0.2, -0.15) is 13.2 Å². The van der Waals surface area contributed by atoms with Crippen LogP contribution in [0.1, 0.15) is 12.0 Å². The molecule has 3 rings (SSSR count). The second-order valence-electron chi connectivity index (χ2n) is 5.85. The zero-order valence-corrected chi connectivity index (χ0v) is 15.9. The van der Waals surface area contributed by atoms with E-state index in [-0.39, 0.29) is 42.4 Å². The molecule has 2 heterocycles. The minimum atomic E-state index is -4.40. The summed E-state index contributed by atoms with van der Waals surface area (Å²) < 4.78 is 43.0. The SMILES string of the molecule is Cl.Cl.O=C(Nc1ccc(Oc2ccc(C(F)(F)F)cc2)nc1)C1CC(O)CN1. The van der Waals surface area contributed by atoms with E-state index in [0.29, 0.717) is 18.7 Å².